The van der Waals surface area contributed by atoms with Crippen molar-refractivity contribution < 1.29 is 23.8 Å². The zero-order valence-electron chi connectivity index (χ0n) is 21.5. The van der Waals surface area contributed by atoms with E-state index in [1.807, 2.05) is 37.3 Å². The van der Waals surface area contributed by atoms with Crippen LogP contribution in [0.15, 0.2) is 48.5 Å². The first-order valence-electron chi connectivity index (χ1n) is 12.9. The van der Waals surface area contributed by atoms with E-state index in [2.05, 4.69) is 17.6 Å². The Bertz CT molecular complexity index is 1300. The number of nitrogens with zero attached hydrogens (tertiary/aromatic N) is 1. The summed E-state index contributed by atoms with van der Waals surface area (Å²) in [6, 6.07) is 13.0. The predicted molar refractivity (Wildman–Crippen MR) is 143 cm³/mol. The summed E-state index contributed by atoms with van der Waals surface area (Å²) in [7, 11) is 0. The van der Waals surface area contributed by atoms with Crippen molar-refractivity contribution in [1.82, 2.24) is 10.3 Å². The van der Waals surface area contributed by atoms with E-state index in [1.165, 1.54) is 12.1 Å². The van der Waals surface area contributed by atoms with Crippen LogP contribution in [0.2, 0.25) is 0 Å². The Balaban J connectivity index is 1.45. The standard InChI is InChI=1S/C29H33F2N3O3S/c1-28-9-8-24(36)29(2,16-35)23(28)14-22-26(34-27(38-22)33-20-6-4-3-5-7-20)21(28)13-25(37)32-15-17-10-18(30)12-19(31)11-17/h3-7,10-12,21,23-24,35-36H,8-9,13-16H2,1-2H3,(H,32,37)(H,33,34)/t21-,23+,24-,28+,29+/m1/s1. The van der Waals surface area contributed by atoms with Crippen molar-refractivity contribution in [1.29, 1.82) is 0 Å². The first kappa shape index (κ1) is 26.7. The predicted octanol–water partition coefficient (Wildman–Crippen LogP) is 5.29. The van der Waals surface area contributed by atoms with Crippen LogP contribution in [0.25, 0.3) is 0 Å². The summed E-state index contributed by atoms with van der Waals surface area (Å²) in [5, 5.41) is 28.3. The third-order valence-corrected chi connectivity index (χ3v) is 9.73. The zero-order valence-corrected chi connectivity index (χ0v) is 22.3. The number of nitrogens with one attached hydrogen (secondary N) is 2. The number of anilines is 2. The van der Waals surface area contributed by atoms with Gasteiger partial charge in [-0.2, -0.15) is 0 Å². The number of para-hydroxylation sites is 1. The quantitative estimate of drug-likeness (QED) is 0.326. The highest BCUT2D eigenvalue weighted by molar-refractivity contribution is 7.15. The van der Waals surface area contributed by atoms with Crippen LogP contribution in [0, 0.1) is 28.4 Å². The van der Waals surface area contributed by atoms with E-state index in [0.29, 0.717) is 24.8 Å². The molecule has 1 heterocycles. The second-order valence-corrected chi connectivity index (χ2v) is 12.2. The number of halogens is 2. The second-order valence-electron chi connectivity index (χ2n) is 11.1. The van der Waals surface area contributed by atoms with Gasteiger partial charge in [0.25, 0.3) is 0 Å². The van der Waals surface area contributed by atoms with Gasteiger partial charge >= 0.3 is 0 Å². The number of carbonyl (C=O) groups is 1. The molecular weight excluding hydrogens is 508 g/mol. The van der Waals surface area contributed by atoms with E-state index in [-0.39, 0.29) is 42.7 Å². The highest BCUT2D eigenvalue weighted by atomic mass is 32.1. The van der Waals surface area contributed by atoms with Gasteiger partial charge in [0.1, 0.15) is 11.6 Å². The van der Waals surface area contributed by atoms with Crippen molar-refractivity contribution >= 4 is 28.1 Å². The number of rotatable bonds is 7. The van der Waals surface area contributed by atoms with Crippen molar-refractivity contribution in [2.75, 3.05) is 11.9 Å². The average molecular weight is 542 g/mol. The van der Waals surface area contributed by atoms with Crippen LogP contribution in [-0.4, -0.2) is 33.8 Å². The second kappa shape index (κ2) is 10.4. The molecule has 0 saturated heterocycles. The molecule has 2 aliphatic rings. The summed E-state index contributed by atoms with van der Waals surface area (Å²) in [4.78, 5) is 19.2. The summed E-state index contributed by atoms with van der Waals surface area (Å²) in [5.74, 6) is -1.93. The molecule has 0 unspecified atom stereocenters. The van der Waals surface area contributed by atoms with Crippen molar-refractivity contribution in [2.45, 2.75) is 58.1 Å². The number of carbonyl (C=O) groups excluding carboxylic acids is 1. The van der Waals surface area contributed by atoms with E-state index in [1.54, 1.807) is 11.3 Å². The maximum atomic E-state index is 13.6. The van der Waals surface area contributed by atoms with Crippen LogP contribution in [0.5, 0.6) is 0 Å². The maximum absolute atomic E-state index is 13.6. The molecule has 0 radical (unpaired) electrons. The SMILES string of the molecule is C[C@]1(CO)[C@H]2Cc3sc(Nc4ccccc4)nc3[C@@H](CC(=O)NCc3cc(F)cc(F)c3)[C@]2(C)CC[C@H]1O. The van der Waals surface area contributed by atoms with E-state index >= 15 is 0 Å². The first-order valence-corrected chi connectivity index (χ1v) is 13.8. The van der Waals surface area contributed by atoms with Crippen molar-refractivity contribution in [3.63, 3.8) is 0 Å². The Hall–Kier alpha value is -2.88. The Labute approximate surface area is 225 Å². The van der Waals surface area contributed by atoms with Gasteiger partial charge in [-0.05, 0) is 60.4 Å². The molecule has 1 saturated carbocycles. The summed E-state index contributed by atoms with van der Waals surface area (Å²) in [6.07, 6.45) is 1.39. The summed E-state index contributed by atoms with van der Waals surface area (Å²) in [6.45, 7) is 3.94. The highest BCUT2D eigenvalue weighted by Gasteiger charge is 2.59. The first-order chi connectivity index (χ1) is 18.1. The highest BCUT2D eigenvalue weighted by Crippen LogP contribution is 2.62. The number of amides is 1. The van der Waals surface area contributed by atoms with Gasteiger partial charge < -0.3 is 20.8 Å². The molecule has 1 amide bonds. The minimum atomic E-state index is -0.713. The van der Waals surface area contributed by atoms with Crippen molar-refractivity contribution in [2.24, 2.45) is 16.7 Å². The van der Waals surface area contributed by atoms with Crippen molar-refractivity contribution in [3.05, 3.63) is 76.3 Å². The van der Waals surface area contributed by atoms with Gasteiger partial charge in [0.2, 0.25) is 5.91 Å². The minimum Gasteiger partial charge on any atom is -0.396 e. The lowest BCUT2D eigenvalue weighted by Gasteiger charge is -2.58. The fourth-order valence-electron chi connectivity index (χ4n) is 6.52. The largest absolute Gasteiger partial charge is 0.396 e. The lowest BCUT2D eigenvalue weighted by molar-refractivity contribution is -0.144. The van der Waals surface area contributed by atoms with Gasteiger partial charge in [0, 0.05) is 40.9 Å². The van der Waals surface area contributed by atoms with Gasteiger partial charge in [-0.3, -0.25) is 4.79 Å². The minimum absolute atomic E-state index is 0.0121. The molecule has 5 atom stereocenters. The lowest BCUT2D eigenvalue weighted by Crippen LogP contribution is -2.57. The number of hydrogen-bond acceptors (Lipinski definition) is 6. The van der Waals surface area contributed by atoms with Gasteiger partial charge in [-0.1, -0.05) is 32.0 Å². The number of benzene rings is 2. The Morgan fingerprint density at radius 2 is 1.87 bits per heavy atom. The molecule has 0 bridgehead atoms. The Morgan fingerprint density at radius 1 is 1.16 bits per heavy atom. The monoisotopic (exact) mass is 541 g/mol. The Morgan fingerprint density at radius 3 is 2.55 bits per heavy atom. The molecule has 0 spiro atoms. The molecule has 2 aromatic carbocycles. The van der Waals surface area contributed by atoms with Crippen LogP contribution in [0.3, 0.4) is 0 Å². The summed E-state index contributed by atoms with van der Waals surface area (Å²) < 4.78 is 27.2. The molecule has 5 rings (SSSR count). The molecule has 0 aliphatic heterocycles. The summed E-state index contributed by atoms with van der Waals surface area (Å²) >= 11 is 1.54. The van der Waals surface area contributed by atoms with Gasteiger partial charge in [-0.15, -0.1) is 11.3 Å². The van der Waals surface area contributed by atoms with Crippen LogP contribution in [0.1, 0.15) is 55.2 Å². The van der Waals surface area contributed by atoms with Gasteiger partial charge in [-0.25, -0.2) is 13.8 Å². The van der Waals surface area contributed by atoms with Crippen molar-refractivity contribution in [3.8, 4) is 0 Å². The smallest absolute Gasteiger partial charge is 0.220 e. The van der Waals surface area contributed by atoms with Crippen LogP contribution < -0.4 is 10.6 Å². The molecule has 4 N–H and O–H groups in total. The molecule has 6 nitrogen and oxygen atoms in total. The number of hydrogen-bond donors (Lipinski definition) is 4. The van der Waals surface area contributed by atoms with Gasteiger partial charge in [0.05, 0.1) is 18.4 Å². The average Bonchev–Trinajstić information content (AvgIpc) is 3.28. The molecular formula is C29H33F2N3O3S. The van der Waals surface area contributed by atoms with E-state index in [4.69, 9.17) is 4.98 Å². The third-order valence-electron chi connectivity index (χ3n) is 8.72. The number of aliphatic hydroxyl groups excluding tert-OH is 2. The van der Waals surface area contributed by atoms with E-state index < -0.39 is 23.2 Å². The van der Waals surface area contributed by atoms with Gasteiger partial charge in [0.15, 0.2) is 5.13 Å². The number of aromatic nitrogens is 1. The lowest BCUT2D eigenvalue weighted by atomic mass is 9.47. The topological polar surface area (TPSA) is 94.5 Å². The number of fused-ring (bicyclic) bond motifs is 2. The number of aliphatic hydroxyl groups is 2. The Kier molecular flexibility index (Phi) is 7.28. The third kappa shape index (κ3) is 4.95. The van der Waals surface area contributed by atoms with Crippen LogP contribution >= 0.6 is 11.3 Å². The molecule has 2 aliphatic carbocycles. The summed E-state index contributed by atoms with van der Waals surface area (Å²) in [5.41, 5.74) is 1.03. The zero-order chi connectivity index (χ0) is 27.1. The molecule has 1 fully saturated rings. The molecule has 1 aromatic heterocycles. The maximum Gasteiger partial charge on any atom is 0.220 e. The van der Waals surface area contributed by atoms with E-state index in [9.17, 15) is 23.8 Å². The fraction of sp³-hybridized carbons (Fsp3) is 0.448. The fourth-order valence-corrected chi connectivity index (χ4v) is 7.60. The normalized spacial score (nSPS) is 28.3. The van der Waals surface area contributed by atoms with E-state index in [0.717, 1.165) is 27.5 Å². The molecule has 9 heteroatoms. The molecule has 38 heavy (non-hydrogen) atoms. The molecule has 3 aromatic rings. The van der Waals surface area contributed by atoms with Crippen LogP contribution in [-0.2, 0) is 17.8 Å². The number of thiazole rings is 1. The molecule has 202 valence electrons. The van der Waals surface area contributed by atoms with Crippen LogP contribution in [0.4, 0.5) is 19.6 Å².